The summed E-state index contributed by atoms with van der Waals surface area (Å²) in [5.41, 5.74) is 11.8. The van der Waals surface area contributed by atoms with Gasteiger partial charge in [-0.3, -0.25) is 4.79 Å². The predicted octanol–water partition coefficient (Wildman–Crippen LogP) is 2.87. The van der Waals surface area contributed by atoms with Gasteiger partial charge in [0.2, 0.25) is 12.7 Å². The minimum absolute atomic E-state index is 0.0711. The molecule has 11 heteroatoms. The molecule has 0 spiro atoms. The number of para-hydroxylation sites is 1. The number of ether oxygens (including phenoxy) is 3. The van der Waals surface area contributed by atoms with Crippen molar-refractivity contribution in [2.75, 3.05) is 24.4 Å². The molecule has 2 rings (SSSR count). The van der Waals surface area contributed by atoms with Gasteiger partial charge in [-0.1, -0.05) is 12.1 Å². The van der Waals surface area contributed by atoms with Crippen LogP contribution in [0.2, 0.25) is 0 Å². The molecule has 1 heterocycles. The number of anilines is 2. The van der Waals surface area contributed by atoms with Gasteiger partial charge in [-0.15, -0.1) is 10.2 Å². The zero-order valence-corrected chi connectivity index (χ0v) is 16.0. The first-order chi connectivity index (χ1) is 13.9. The summed E-state index contributed by atoms with van der Waals surface area (Å²) < 4.78 is 15.1. The maximum atomic E-state index is 11.4. The number of carbonyl (C=O) groups is 2. The summed E-state index contributed by atoms with van der Waals surface area (Å²) in [5, 5.41) is 10.6. The number of nitrogens with zero attached hydrogens (tertiary/aromatic N) is 3. The maximum Gasteiger partial charge on any atom is 0.511 e. The lowest BCUT2D eigenvalue weighted by Crippen LogP contribution is -2.22. The third-order valence-corrected chi connectivity index (χ3v) is 3.21. The van der Waals surface area contributed by atoms with Gasteiger partial charge in [-0.25, -0.2) is 9.78 Å². The van der Waals surface area contributed by atoms with E-state index in [9.17, 15) is 9.59 Å². The predicted molar refractivity (Wildman–Crippen MR) is 105 cm³/mol. The first-order valence-electron chi connectivity index (χ1n) is 8.62. The van der Waals surface area contributed by atoms with Gasteiger partial charge in [0.05, 0.1) is 12.6 Å². The summed E-state index contributed by atoms with van der Waals surface area (Å²) in [6.07, 6.45) is -1.13. The molecule has 0 unspecified atom stereocenters. The molecule has 1 amide bonds. The molecule has 2 aromatic rings. The number of rotatable bonds is 8. The monoisotopic (exact) mass is 402 g/mol. The van der Waals surface area contributed by atoms with Crippen molar-refractivity contribution in [3.63, 3.8) is 0 Å². The van der Waals surface area contributed by atoms with Crippen LogP contribution in [0.25, 0.3) is 0 Å². The molecular weight excluding hydrogens is 380 g/mol. The second kappa shape index (κ2) is 10.6. The summed E-state index contributed by atoms with van der Waals surface area (Å²) in [4.78, 5) is 26.7. The van der Waals surface area contributed by atoms with Crippen LogP contribution in [-0.4, -0.2) is 36.5 Å². The van der Waals surface area contributed by atoms with Crippen LogP contribution in [-0.2, 0) is 14.3 Å². The van der Waals surface area contributed by atoms with Gasteiger partial charge in [0, 0.05) is 0 Å². The number of nitrogen functional groups attached to an aromatic ring is 1. The topological polar surface area (TPSA) is 164 Å². The van der Waals surface area contributed by atoms with Gasteiger partial charge in [-0.05, 0) is 38.1 Å². The minimum Gasteiger partial charge on any atom is -0.455 e. The fraction of sp³-hybridized carbons (Fsp3) is 0.278. The molecule has 1 aromatic carbocycles. The number of nitrogens with one attached hydrogen (secondary N) is 1. The van der Waals surface area contributed by atoms with Gasteiger partial charge >= 0.3 is 6.16 Å². The number of pyridine rings is 1. The van der Waals surface area contributed by atoms with Crippen LogP contribution in [0.3, 0.4) is 0 Å². The highest BCUT2D eigenvalue weighted by molar-refractivity contribution is 5.91. The number of benzene rings is 1. The molecule has 154 valence electrons. The SMILES string of the molecule is CC(C)OC(=O)OCOc1ccccc1/N=N/c1ccc(NC(=O)CN)nc1N. The number of hydrogen-bond donors (Lipinski definition) is 3. The summed E-state index contributed by atoms with van der Waals surface area (Å²) in [6, 6.07) is 9.83. The standard InChI is InChI=1S/C18H22N6O5/c1-11(2)29-18(26)28-10-27-14-6-4-3-5-12(14)23-24-13-7-8-15(22-17(13)20)21-16(25)9-19/h3-8,11H,9-10,19H2,1-2H3,(H3,20,21,22,25)/b24-23+. The molecule has 0 aliphatic rings. The number of azo groups is 1. The second-order valence-electron chi connectivity index (χ2n) is 5.84. The van der Waals surface area contributed by atoms with E-state index in [2.05, 4.69) is 20.5 Å². The molecule has 11 nitrogen and oxygen atoms in total. The molecule has 5 N–H and O–H groups in total. The Hall–Kier alpha value is -3.73. The van der Waals surface area contributed by atoms with Crippen LogP contribution in [0.15, 0.2) is 46.6 Å². The molecule has 29 heavy (non-hydrogen) atoms. The summed E-state index contributed by atoms with van der Waals surface area (Å²) in [5.74, 6) is 0.275. The van der Waals surface area contributed by atoms with Gasteiger partial charge in [-0.2, -0.15) is 0 Å². The van der Waals surface area contributed by atoms with E-state index in [0.717, 1.165) is 0 Å². The fourth-order valence-electron chi connectivity index (χ4n) is 1.95. The van der Waals surface area contributed by atoms with Crippen molar-refractivity contribution in [2.45, 2.75) is 20.0 Å². The maximum absolute atomic E-state index is 11.4. The third-order valence-electron chi connectivity index (χ3n) is 3.21. The lowest BCUT2D eigenvalue weighted by Gasteiger charge is -2.10. The van der Waals surface area contributed by atoms with E-state index >= 15 is 0 Å². The van der Waals surface area contributed by atoms with E-state index in [1.807, 2.05) is 0 Å². The summed E-state index contributed by atoms with van der Waals surface area (Å²) >= 11 is 0. The molecule has 1 aromatic heterocycles. The van der Waals surface area contributed by atoms with E-state index in [0.29, 0.717) is 17.1 Å². The van der Waals surface area contributed by atoms with E-state index in [1.54, 1.807) is 44.2 Å². The van der Waals surface area contributed by atoms with E-state index < -0.39 is 12.1 Å². The van der Waals surface area contributed by atoms with Crippen LogP contribution in [0.5, 0.6) is 5.75 Å². The Kier molecular flexibility index (Phi) is 7.86. The molecule has 0 saturated carbocycles. The molecule has 0 bridgehead atoms. The molecule has 0 saturated heterocycles. The van der Waals surface area contributed by atoms with Crippen LogP contribution < -0.4 is 21.5 Å². The summed E-state index contributed by atoms with van der Waals surface area (Å²) in [6.45, 7) is 2.89. The third kappa shape index (κ3) is 7.07. The van der Waals surface area contributed by atoms with E-state index in [4.69, 9.17) is 25.7 Å². The number of hydrogen-bond acceptors (Lipinski definition) is 10. The Labute approximate surface area is 167 Å². The first-order valence-corrected chi connectivity index (χ1v) is 8.62. The van der Waals surface area contributed by atoms with E-state index in [-0.39, 0.29) is 31.1 Å². The Bertz CT molecular complexity index is 887. The molecule has 0 atom stereocenters. The Morgan fingerprint density at radius 3 is 2.55 bits per heavy atom. The van der Waals surface area contributed by atoms with Gasteiger partial charge in [0.15, 0.2) is 11.6 Å². The molecule has 0 aliphatic carbocycles. The number of nitrogens with two attached hydrogens (primary N) is 2. The highest BCUT2D eigenvalue weighted by Crippen LogP contribution is 2.30. The number of amides is 1. The van der Waals surface area contributed by atoms with Crippen molar-refractivity contribution in [3.05, 3.63) is 36.4 Å². The van der Waals surface area contributed by atoms with Crippen molar-refractivity contribution < 1.29 is 23.8 Å². The van der Waals surface area contributed by atoms with Crippen LogP contribution >= 0.6 is 0 Å². The first kappa shape index (κ1) is 21.6. The smallest absolute Gasteiger partial charge is 0.455 e. The van der Waals surface area contributed by atoms with Crippen LogP contribution in [0.1, 0.15) is 13.8 Å². The Morgan fingerprint density at radius 2 is 1.86 bits per heavy atom. The van der Waals surface area contributed by atoms with Crippen LogP contribution in [0, 0.1) is 0 Å². The second-order valence-corrected chi connectivity index (χ2v) is 5.84. The Morgan fingerprint density at radius 1 is 1.14 bits per heavy atom. The lowest BCUT2D eigenvalue weighted by molar-refractivity contribution is -0.114. The zero-order chi connectivity index (χ0) is 21.2. The van der Waals surface area contributed by atoms with Gasteiger partial charge in [0.1, 0.15) is 17.2 Å². The van der Waals surface area contributed by atoms with Crippen molar-refractivity contribution in [3.8, 4) is 5.75 Å². The lowest BCUT2D eigenvalue weighted by atomic mass is 10.3. The highest BCUT2D eigenvalue weighted by atomic mass is 16.8. The molecular formula is C18H22N6O5. The zero-order valence-electron chi connectivity index (χ0n) is 16.0. The fourth-order valence-corrected chi connectivity index (χ4v) is 1.95. The summed E-state index contributed by atoms with van der Waals surface area (Å²) in [7, 11) is 0. The molecule has 0 fully saturated rings. The van der Waals surface area contributed by atoms with Gasteiger partial charge in [0.25, 0.3) is 0 Å². The van der Waals surface area contributed by atoms with Crippen molar-refractivity contribution >= 4 is 35.1 Å². The van der Waals surface area contributed by atoms with Crippen molar-refractivity contribution in [2.24, 2.45) is 16.0 Å². The number of aromatic nitrogens is 1. The van der Waals surface area contributed by atoms with Crippen molar-refractivity contribution in [1.29, 1.82) is 0 Å². The average Bonchev–Trinajstić information content (AvgIpc) is 2.67. The average molecular weight is 402 g/mol. The molecule has 0 radical (unpaired) electrons. The quantitative estimate of drug-likeness (QED) is 0.344. The van der Waals surface area contributed by atoms with Gasteiger partial charge < -0.3 is 31.0 Å². The highest BCUT2D eigenvalue weighted by Gasteiger charge is 2.09. The Balaban J connectivity index is 2.04. The number of carbonyl (C=O) groups excluding carboxylic acids is 2. The largest absolute Gasteiger partial charge is 0.511 e. The van der Waals surface area contributed by atoms with Crippen LogP contribution in [0.4, 0.5) is 27.8 Å². The van der Waals surface area contributed by atoms with E-state index in [1.165, 1.54) is 6.07 Å². The normalized spacial score (nSPS) is 10.8. The minimum atomic E-state index is -0.834. The molecule has 0 aliphatic heterocycles. The van der Waals surface area contributed by atoms with Crippen molar-refractivity contribution in [1.82, 2.24) is 4.98 Å².